The van der Waals surface area contributed by atoms with E-state index in [9.17, 15) is 13.2 Å². The van der Waals surface area contributed by atoms with Crippen LogP contribution in [0, 0.1) is 0 Å². The number of alkyl halides is 3. The number of hydrogen-bond acceptors (Lipinski definition) is 2. The van der Waals surface area contributed by atoms with Crippen LogP contribution >= 0.6 is 0 Å². The van der Waals surface area contributed by atoms with Gasteiger partial charge in [0, 0.05) is 18.8 Å². The minimum absolute atomic E-state index is 0.0757. The molecule has 0 aliphatic heterocycles. The van der Waals surface area contributed by atoms with Gasteiger partial charge in [0.1, 0.15) is 0 Å². The third kappa shape index (κ3) is 2.46. The summed E-state index contributed by atoms with van der Waals surface area (Å²) in [4.78, 5) is 1.89. The lowest BCUT2D eigenvalue weighted by Gasteiger charge is -2.36. The Bertz CT molecular complexity index is 427. The normalized spacial score (nSPS) is 16.5. The van der Waals surface area contributed by atoms with Gasteiger partial charge in [-0.25, -0.2) is 0 Å². The molecule has 0 unspecified atom stereocenters. The van der Waals surface area contributed by atoms with Crippen molar-refractivity contribution >= 4 is 5.69 Å². The van der Waals surface area contributed by atoms with Crippen LogP contribution < -0.4 is 4.90 Å². The van der Waals surface area contributed by atoms with Gasteiger partial charge in [-0.2, -0.15) is 13.2 Å². The Balaban J connectivity index is 2.33. The number of hydrogen-bond donors (Lipinski definition) is 1. The van der Waals surface area contributed by atoms with E-state index in [1.165, 1.54) is 6.07 Å². The zero-order valence-electron chi connectivity index (χ0n) is 10.2. The van der Waals surface area contributed by atoms with Crippen LogP contribution in [-0.4, -0.2) is 18.2 Å². The molecule has 0 amide bonds. The minimum atomic E-state index is -4.42. The van der Waals surface area contributed by atoms with Crippen molar-refractivity contribution in [2.24, 2.45) is 0 Å². The van der Waals surface area contributed by atoms with Crippen molar-refractivity contribution in [2.75, 3.05) is 11.9 Å². The predicted octanol–water partition coefficient (Wildman–Crippen LogP) is 3.19. The van der Waals surface area contributed by atoms with Crippen LogP contribution in [0.5, 0.6) is 0 Å². The first-order valence-corrected chi connectivity index (χ1v) is 5.97. The van der Waals surface area contributed by atoms with E-state index in [1.54, 1.807) is 6.07 Å². The van der Waals surface area contributed by atoms with Gasteiger partial charge in [-0.1, -0.05) is 6.07 Å². The third-order valence-electron chi connectivity index (χ3n) is 3.60. The molecule has 0 radical (unpaired) electrons. The second kappa shape index (κ2) is 4.80. The molecule has 2 nitrogen and oxygen atoms in total. The zero-order valence-corrected chi connectivity index (χ0v) is 10.2. The second-order valence-electron chi connectivity index (χ2n) is 4.69. The fourth-order valence-corrected chi connectivity index (χ4v) is 2.17. The maximum Gasteiger partial charge on any atom is 0.416 e. The van der Waals surface area contributed by atoms with Crippen LogP contribution in [-0.2, 0) is 12.8 Å². The highest BCUT2D eigenvalue weighted by Gasteiger charge is 2.34. The fourth-order valence-electron chi connectivity index (χ4n) is 2.17. The Morgan fingerprint density at radius 3 is 2.44 bits per heavy atom. The first kappa shape index (κ1) is 13.2. The summed E-state index contributed by atoms with van der Waals surface area (Å²) in [6.07, 6.45) is -1.23. The lowest BCUT2D eigenvalue weighted by Crippen LogP contribution is -2.37. The molecule has 1 saturated carbocycles. The van der Waals surface area contributed by atoms with Crippen LogP contribution in [0.15, 0.2) is 18.2 Å². The Morgan fingerprint density at radius 2 is 2.00 bits per heavy atom. The van der Waals surface area contributed by atoms with E-state index in [2.05, 4.69) is 0 Å². The average Bonchev–Trinajstić information content (AvgIpc) is 2.24. The van der Waals surface area contributed by atoms with Gasteiger partial charge in [-0.15, -0.1) is 0 Å². The van der Waals surface area contributed by atoms with Crippen LogP contribution in [0.25, 0.3) is 0 Å². The molecule has 0 aromatic heterocycles. The van der Waals surface area contributed by atoms with Gasteiger partial charge >= 0.3 is 6.18 Å². The lowest BCUT2D eigenvalue weighted by atomic mass is 9.91. The minimum Gasteiger partial charge on any atom is -0.392 e. The summed E-state index contributed by atoms with van der Waals surface area (Å²) in [5, 5.41) is 8.96. The van der Waals surface area contributed by atoms with Crippen LogP contribution in [0.3, 0.4) is 0 Å². The molecular weight excluding hydrogens is 243 g/mol. The van der Waals surface area contributed by atoms with Gasteiger partial charge in [0.05, 0.1) is 12.2 Å². The van der Waals surface area contributed by atoms with Gasteiger partial charge in [-0.05, 0) is 37.0 Å². The van der Waals surface area contributed by atoms with Gasteiger partial charge < -0.3 is 10.0 Å². The van der Waals surface area contributed by atoms with Crippen molar-refractivity contribution in [3.05, 3.63) is 29.3 Å². The predicted molar refractivity (Wildman–Crippen MR) is 63.4 cm³/mol. The molecule has 0 atom stereocenters. The Morgan fingerprint density at radius 1 is 1.33 bits per heavy atom. The van der Waals surface area contributed by atoms with E-state index >= 15 is 0 Å². The molecule has 0 spiro atoms. The van der Waals surface area contributed by atoms with Gasteiger partial charge in [0.15, 0.2) is 0 Å². The number of aliphatic hydroxyl groups excluding tert-OH is 1. The molecule has 0 heterocycles. The topological polar surface area (TPSA) is 23.5 Å². The molecule has 1 aromatic carbocycles. The molecule has 2 rings (SSSR count). The highest BCUT2D eigenvalue weighted by atomic mass is 19.4. The molecule has 1 aromatic rings. The van der Waals surface area contributed by atoms with Gasteiger partial charge in [0.2, 0.25) is 0 Å². The standard InChI is InChI=1S/C13H16F3NO/c1-17(10-3-2-4-10)11-6-5-9(8-18)12(7-11)13(14,15)16/h5-7,10,18H,2-4,8H2,1H3. The SMILES string of the molecule is CN(c1ccc(CO)c(C(F)(F)F)c1)C1CCC1. The number of aliphatic hydroxyl groups is 1. The van der Waals surface area contributed by atoms with E-state index in [1.807, 2.05) is 11.9 Å². The first-order valence-electron chi connectivity index (χ1n) is 5.97. The van der Waals surface area contributed by atoms with Crippen LogP contribution in [0.2, 0.25) is 0 Å². The molecule has 0 saturated heterocycles. The maximum atomic E-state index is 12.8. The van der Waals surface area contributed by atoms with E-state index in [-0.39, 0.29) is 5.56 Å². The number of benzene rings is 1. The average molecular weight is 259 g/mol. The van der Waals surface area contributed by atoms with E-state index in [4.69, 9.17) is 5.11 Å². The Labute approximate surface area is 104 Å². The molecule has 1 aliphatic rings. The summed E-state index contributed by atoms with van der Waals surface area (Å²) in [6, 6.07) is 4.46. The fraction of sp³-hybridized carbons (Fsp3) is 0.538. The number of rotatable bonds is 3. The summed E-state index contributed by atoms with van der Waals surface area (Å²) >= 11 is 0. The van der Waals surface area contributed by atoms with Crippen molar-refractivity contribution in [3.63, 3.8) is 0 Å². The van der Waals surface area contributed by atoms with Gasteiger partial charge in [-0.3, -0.25) is 0 Å². The molecule has 1 fully saturated rings. The summed E-state index contributed by atoms with van der Waals surface area (Å²) in [6.45, 7) is -0.595. The smallest absolute Gasteiger partial charge is 0.392 e. The zero-order chi connectivity index (χ0) is 13.3. The Hall–Kier alpha value is -1.23. The van der Waals surface area contributed by atoms with Crippen LogP contribution in [0.4, 0.5) is 18.9 Å². The molecular formula is C13H16F3NO. The number of halogens is 3. The molecule has 0 bridgehead atoms. The van der Waals surface area contributed by atoms with Crippen molar-refractivity contribution < 1.29 is 18.3 Å². The molecule has 1 aliphatic carbocycles. The number of nitrogens with zero attached hydrogens (tertiary/aromatic N) is 1. The molecule has 5 heteroatoms. The summed E-state index contributed by atoms with van der Waals surface area (Å²) in [5.41, 5.74) is -0.258. The first-order chi connectivity index (χ1) is 8.43. The second-order valence-corrected chi connectivity index (χ2v) is 4.69. The molecule has 100 valence electrons. The summed E-state index contributed by atoms with van der Waals surface area (Å²) in [7, 11) is 1.82. The van der Waals surface area contributed by atoms with Crippen molar-refractivity contribution in [2.45, 2.75) is 38.1 Å². The highest BCUT2D eigenvalue weighted by molar-refractivity contribution is 5.52. The molecule has 18 heavy (non-hydrogen) atoms. The van der Waals surface area contributed by atoms with E-state index in [0.717, 1.165) is 25.3 Å². The summed E-state index contributed by atoms with van der Waals surface area (Å²) in [5.74, 6) is 0. The van der Waals surface area contributed by atoms with E-state index in [0.29, 0.717) is 11.7 Å². The maximum absolute atomic E-state index is 12.8. The monoisotopic (exact) mass is 259 g/mol. The van der Waals surface area contributed by atoms with Crippen LogP contribution in [0.1, 0.15) is 30.4 Å². The van der Waals surface area contributed by atoms with Crippen molar-refractivity contribution in [3.8, 4) is 0 Å². The highest BCUT2D eigenvalue weighted by Crippen LogP contribution is 2.36. The summed E-state index contributed by atoms with van der Waals surface area (Å²) < 4.78 is 38.5. The number of anilines is 1. The lowest BCUT2D eigenvalue weighted by molar-refractivity contribution is -0.138. The van der Waals surface area contributed by atoms with Crippen molar-refractivity contribution in [1.29, 1.82) is 0 Å². The van der Waals surface area contributed by atoms with E-state index < -0.39 is 18.3 Å². The van der Waals surface area contributed by atoms with Gasteiger partial charge in [0.25, 0.3) is 0 Å². The Kier molecular flexibility index (Phi) is 3.52. The quantitative estimate of drug-likeness (QED) is 0.901. The van der Waals surface area contributed by atoms with Crippen molar-refractivity contribution in [1.82, 2.24) is 0 Å². The largest absolute Gasteiger partial charge is 0.416 e. The third-order valence-corrected chi connectivity index (χ3v) is 3.60. The molecule has 1 N–H and O–H groups in total.